The highest BCUT2D eigenvalue weighted by atomic mass is 35.5. The molecule has 1 saturated carbocycles. The van der Waals surface area contributed by atoms with Gasteiger partial charge in [0.25, 0.3) is 0 Å². The summed E-state index contributed by atoms with van der Waals surface area (Å²) >= 11 is 13.3. The third-order valence-corrected chi connectivity index (χ3v) is 8.54. The molecule has 192 valence electrons. The van der Waals surface area contributed by atoms with Crippen molar-refractivity contribution < 1.29 is 9.47 Å². The maximum absolute atomic E-state index is 6.69. The minimum Gasteiger partial charge on any atom is -0.381 e. The predicted molar refractivity (Wildman–Crippen MR) is 142 cm³/mol. The van der Waals surface area contributed by atoms with Crippen LogP contribution in [0.25, 0.3) is 10.9 Å². The lowest BCUT2D eigenvalue weighted by Gasteiger charge is -2.50. The molecule has 3 fully saturated rings. The first-order valence-electron chi connectivity index (χ1n) is 12.5. The third-order valence-electron chi connectivity index (χ3n) is 7.84. The molecule has 0 atom stereocenters. The summed E-state index contributed by atoms with van der Waals surface area (Å²) < 4.78 is 12.7. The monoisotopic (exact) mass is 531 g/mol. The molecule has 3 aromatic rings. The maximum Gasteiger partial charge on any atom is 0.227 e. The Balaban J connectivity index is 1.16. The summed E-state index contributed by atoms with van der Waals surface area (Å²) in [4.78, 5) is 14.1. The zero-order valence-corrected chi connectivity index (χ0v) is 22.1. The van der Waals surface area contributed by atoms with Crippen LogP contribution >= 0.6 is 23.2 Å². The van der Waals surface area contributed by atoms with E-state index in [0.717, 1.165) is 80.4 Å². The Labute approximate surface area is 220 Å². The quantitative estimate of drug-likeness (QED) is 0.485. The summed E-state index contributed by atoms with van der Waals surface area (Å²) in [5, 5.41) is 9.86. The lowest BCUT2D eigenvalue weighted by Crippen LogP contribution is -2.64. The average Bonchev–Trinajstić information content (AvgIpc) is 3.18. The summed E-state index contributed by atoms with van der Waals surface area (Å²) in [6.07, 6.45) is 5.94. The lowest BCUT2D eigenvalue weighted by atomic mass is 9.82. The standard InChI is InChI=1S/C25H31Cl2N7O2/c1-25(14-36-15-25)33-5-3-32(4-6-33)22-10-20-17(9-19(22)26)11-28-24(30-20)31-21-12-29-34(23(21)27)13-16-7-18(8-16)35-2/h9-12,16,18H,3-8,13-15H2,1-2H3,(H,28,30,31). The molecule has 0 radical (unpaired) electrons. The number of fused-ring (bicyclic) bond motifs is 1. The number of aromatic nitrogens is 4. The lowest BCUT2D eigenvalue weighted by molar-refractivity contribution is -0.131. The van der Waals surface area contributed by atoms with Crippen molar-refractivity contribution >= 4 is 51.4 Å². The molecule has 36 heavy (non-hydrogen) atoms. The van der Waals surface area contributed by atoms with E-state index in [1.54, 1.807) is 19.5 Å². The number of hydrogen-bond acceptors (Lipinski definition) is 8. The van der Waals surface area contributed by atoms with Crippen molar-refractivity contribution in [3.63, 3.8) is 0 Å². The van der Waals surface area contributed by atoms with Gasteiger partial charge >= 0.3 is 0 Å². The summed E-state index contributed by atoms with van der Waals surface area (Å²) in [6.45, 7) is 8.49. The van der Waals surface area contributed by atoms with Crippen molar-refractivity contribution in [3.8, 4) is 0 Å². The smallest absolute Gasteiger partial charge is 0.227 e. The van der Waals surface area contributed by atoms with Crippen LogP contribution < -0.4 is 10.2 Å². The van der Waals surface area contributed by atoms with Crippen molar-refractivity contribution in [3.05, 3.63) is 34.7 Å². The van der Waals surface area contributed by atoms with Crippen LogP contribution in [0.1, 0.15) is 19.8 Å². The first-order chi connectivity index (χ1) is 17.4. The first kappa shape index (κ1) is 24.2. The van der Waals surface area contributed by atoms with Gasteiger partial charge in [0.1, 0.15) is 0 Å². The Morgan fingerprint density at radius 3 is 2.61 bits per heavy atom. The summed E-state index contributed by atoms with van der Waals surface area (Å²) in [5.74, 6) is 1.01. The van der Waals surface area contributed by atoms with Crippen LogP contribution in [0.5, 0.6) is 0 Å². The van der Waals surface area contributed by atoms with Crippen LogP contribution in [0.4, 0.5) is 17.3 Å². The van der Waals surface area contributed by atoms with Crippen LogP contribution in [-0.2, 0) is 16.0 Å². The molecule has 1 aliphatic carbocycles. The van der Waals surface area contributed by atoms with Crippen molar-refractivity contribution in [2.75, 3.05) is 56.7 Å². The molecule has 1 aromatic carbocycles. The van der Waals surface area contributed by atoms with E-state index in [4.69, 9.17) is 37.7 Å². The molecule has 11 heteroatoms. The molecule has 2 aliphatic heterocycles. The molecule has 6 rings (SSSR count). The topological polar surface area (TPSA) is 80.6 Å². The Morgan fingerprint density at radius 1 is 1.14 bits per heavy atom. The molecule has 2 saturated heterocycles. The summed E-state index contributed by atoms with van der Waals surface area (Å²) in [5.41, 5.74) is 2.70. The molecule has 0 bridgehead atoms. The number of halogens is 2. The van der Waals surface area contributed by atoms with Gasteiger partial charge in [-0.3, -0.25) is 9.58 Å². The molecule has 1 N–H and O–H groups in total. The van der Waals surface area contributed by atoms with Gasteiger partial charge in [0.15, 0.2) is 5.15 Å². The number of anilines is 3. The van der Waals surface area contributed by atoms with Gasteiger partial charge in [0.05, 0.1) is 53.0 Å². The number of nitrogens with zero attached hydrogens (tertiary/aromatic N) is 6. The summed E-state index contributed by atoms with van der Waals surface area (Å²) in [7, 11) is 1.76. The number of rotatable bonds is 7. The van der Waals surface area contributed by atoms with E-state index in [1.165, 1.54) is 0 Å². The summed E-state index contributed by atoms with van der Waals surface area (Å²) in [6, 6.07) is 4.00. The van der Waals surface area contributed by atoms with Gasteiger partial charge in [0, 0.05) is 51.4 Å². The van der Waals surface area contributed by atoms with E-state index in [-0.39, 0.29) is 5.54 Å². The number of nitrogens with one attached hydrogen (secondary N) is 1. The van der Waals surface area contributed by atoms with Gasteiger partial charge in [-0.2, -0.15) is 5.10 Å². The Hall–Kier alpha value is -2.17. The second-order valence-electron chi connectivity index (χ2n) is 10.4. The number of hydrogen-bond donors (Lipinski definition) is 1. The van der Waals surface area contributed by atoms with Crippen LogP contribution in [0.3, 0.4) is 0 Å². The predicted octanol–water partition coefficient (Wildman–Crippen LogP) is 4.21. The van der Waals surface area contributed by atoms with Gasteiger partial charge in [-0.25, -0.2) is 9.97 Å². The minimum absolute atomic E-state index is 0.173. The van der Waals surface area contributed by atoms with Crippen LogP contribution in [0.15, 0.2) is 24.5 Å². The number of piperazine rings is 1. The van der Waals surface area contributed by atoms with E-state index < -0.39 is 0 Å². The zero-order valence-electron chi connectivity index (χ0n) is 20.6. The molecule has 4 heterocycles. The molecular weight excluding hydrogens is 501 g/mol. The second kappa shape index (κ2) is 9.61. The van der Waals surface area contributed by atoms with Crippen molar-refractivity contribution in [1.29, 1.82) is 0 Å². The van der Waals surface area contributed by atoms with Crippen molar-refractivity contribution in [2.45, 2.75) is 38.0 Å². The highest BCUT2D eigenvalue weighted by Crippen LogP contribution is 2.35. The van der Waals surface area contributed by atoms with E-state index in [0.29, 0.717) is 28.8 Å². The highest BCUT2D eigenvalue weighted by molar-refractivity contribution is 6.34. The molecular formula is C25H31Cl2N7O2. The normalized spacial score (nSPS) is 23.9. The second-order valence-corrected chi connectivity index (χ2v) is 11.1. The van der Waals surface area contributed by atoms with Gasteiger partial charge in [-0.15, -0.1) is 0 Å². The van der Waals surface area contributed by atoms with Crippen LogP contribution in [0, 0.1) is 5.92 Å². The van der Waals surface area contributed by atoms with E-state index in [1.807, 2.05) is 10.7 Å². The van der Waals surface area contributed by atoms with Crippen molar-refractivity contribution in [2.24, 2.45) is 5.92 Å². The molecule has 9 nitrogen and oxygen atoms in total. The van der Waals surface area contributed by atoms with Gasteiger partial charge in [-0.1, -0.05) is 23.2 Å². The average molecular weight is 532 g/mol. The Kier molecular flexibility index (Phi) is 6.46. The number of methoxy groups -OCH3 is 1. The molecule has 3 aliphatic rings. The molecule has 0 spiro atoms. The van der Waals surface area contributed by atoms with Gasteiger partial charge in [-0.05, 0) is 37.8 Å². The van der Waals surface area contributed by atoms with Gasteiger partial charge in [0.2, 0.25) is 5.95 Å². The first-order valence-corrected chi connectivity index (χ1v) is 13.2. The fraction of sp³-hybridized carbons (Fsp3) is 0.560. The van der Waals surface area contributed by atoms with Crippen LogP contribution in [0.2, 0.25) is 10.2 Å². The largest absolute Gasteiger partial charge is 0.381 e. The Morgan fingerprint density at radius 2 is 1.92 bits per heavy atom. The maximum atomic E-state index is 6.69. The number of ether oxygens (including phenoxy) is 2. The molecule has 0 amide bonds. The fourth-order valence-corrected chi connectivity index (χ4v) is 5.87. The van der Waals surface area contributed by atoms with Gasteiger partial charge < -0.3 is 19.7 Å². The zero-order chi connectivity index (χ0) is 24.9. The third kappa shape index (κ3) is 4.52. The fourth-order valence-electron chi connectivity index (χ4n) is 5.37. The Bertz CT molecular complexity index is 1250. The minimum atomic E-state index is 0.173. The van der Waals surface area contributed by atoms with E-state index in [2.05, 4.69) is 38.2 Å². The molecule has 2 aromatic heterocycles. The SMILES string of the molecule is COC1CC(Cn2ncc(Nc3ncc4cc(Cl)c(N5CCN(C6(C)COC6)CC5)cc4n3)c2Cl)C1. The van der Waals surface area contributed by atoms with Crippen molar-refractivity contribution in [1.82, 2.24) is 24.6 Å². The van der Waals surface area contributed by atoms with E-state index in [9.17, 15) is 0 Å². The number of benzene rings is 1. The van der Waals surface area contributed by atoms with Crippen LogP contribution in [-0.4, -0.2) is 82.8 Å². The molecule has 0 unspecified atom stereocenters. The van der Waals surface area contributed by atoms with E-state index >= 15 is 0 Å². The highest BCUT2D eigenvalue weighted by Gasteiger charge is 2.40.